The zero-order valence-corrected chi connectivity index (χ0v) is 19.2. The Kier molecular flexibility index (Phi) is 5.55. The number of fused-ring (bicyclic) bond motifs is 1. The molecule has 32 heavy (non-hydrogen) atoms. The van der Waals surface area contributed by atoms with Crippen molar-refractivity contribution in [2.45, 2.75) is 45.6 Å². The van der Waals surface area contributed by atoms with Crippen LogP contribution in [-0.2, 0) is 4.79 Å². The van der Waals surface area contributed by atoms with E-state index in [1.165, 1.54) is 10.4 Å². The van der Waals surface area contributed by atoms with E-state index in [-0.39, 0.29) is 23.8 Å². The first-order chi connectivity index (χ1) is 15.5. The number of aromatic nitrogens is 2. The van der Waals surface area contributed by atoms with E-state index in [0.717, 1.165) is 54.8 Å². The highest BCUT2D eigenvalue weighted by molar-refractivity contribution is 7.18. The summed E-state index contributed by atoms with van der Waals surface area (Å²) >= 11 is 1.70. The Labute approximate surface area is 191 Å². The zero-order chi connectivity index (χ0) is 22.2. The van der Waals surface area contributed by atoms with Crippen LogP contribution in [0.4, 0.5) is 11.5 Å². The van der Waals surface area contributed by atoms with Crippen LogP contribution >= 0.6 is 11.3 Å². The highest BCUT2D eigenvalue weighted by Crippen LogP contribution is 2.35. The van der Waals surface area contributed by atoms with Gasteiger partial charge in [0, 0.05) is 29.9 Å². The number of para-hydroxylation sites is 1. The second-order valence-corrected chi connectivity index (χ2v) is 9.91. The summed E-state index contributed by atoms with van der Waals surface area (Å²) in [5.41, 5.74) is 2.35. The van der Waals surface area contributed by atoms with Gasteiger partial charge in [-0.2, -0.15) is 0 Å². The van der Waals surface area contributed by atoms with Gasteiger partial charge in [0.05, 0.1) is 16.6 Å². The fraction of sp³-hybridized carbons (Fsp3) is 0.417. The Bertz CT molecular complexity index is 1180. The van der Waals surface area contributed by atoms with Crippen LogP contribution in [0.5, 0.6) is 0 Å². The average molecular weight is 450 g/mol. The Hall–Kier alpha value is -3.00. The minimum Gasteiger partial charge on any atom is -0.356 e. The van der Waals surface area contributed by atoms with Crippen molar-refractivity contribution in [3.05, 3.63) is 46.6 Å². The molecule has 5 rings (SSSR count). The van der Waals surface area contributed by atoms with Gasteiger partial charge in [0.1, 0.15) is 17.0 Å². The molecule has 2 aliphatic rings. The summed E-state index contributed by atoms with van der Waals surface area (Å²) in [5, 5.41) is 7.14. The van der Waals surface area contributed by atoms with Crippen LogP contribution in [0.2, 0.25) is 0 Å². The molecule has 7 nitrogen and oxygen atoms in total. The average Bonchev–Trinajstić information content (AvgIpc) is 3.57. The van der Waals surface area contributed by atoms with Crippen molar-refractivity contribution in [1.82, 2.24) is 15.3 Å². The topological polar surface area (TPSA) is 87.2 Å². The van der Waals surface area contributed by atoms with E-state index >= 15 is 0 Å². The van der Waals surface area contributed by atoms with Gasteiger partial charge < -0.3 is 15.5 Å². The molecule has 1 saturated heterocycles. The molecule has 0 bridgehead atoms. The van der Waals surface area contributed by atoms with E-state index in [9.17, 15) is 9.59 Å². The van der Waals surface area contributed by atoms with Crippen LogP contribution in [0, 0.1) is 19.8 Å². The summed E-state index contributed by atoms with van der Waals surface area (Å²) in [6.07, 6.45) is 5.19. The number of hydrogen-bond acceptors (Lipinski definition) is 6. The first-order valence-electron chi connectivity index (χ1n) is 11.2. The van der Waals surface area contributed by atoms with Gasteiger partial charge in [0.2, 0.25) is 5.91 Å². The highest BCUT2D eigenvalue weighted by Gasteiger charge is 2.29. The van der Waals surface area contributed by atoms with E-state index in [2.05, 4.69) is 39.3 Å². The number of hydrogen-bond donors (Lipinski definition) is 2. The number of carbonyl (C=O) groups excluding carboxylic acids is 2. The number of nitrogens with one attached hydrogen (secondary N) is 2. The summed E-state index contributed by atoms with van der Waals surface area (Å²) in [5.74, 6) is 0.741. The molecule has 166 valence electrons. The van der Waals surface area contributed by atoms with Gasteiger partial charge in [-0.15, -0.1) is 11.3 Å². The maximum atomic E-state index is 13.0. The van der Waals surface area contributed by atoms with Crippen LogP contribution in [0.3, 0.4) is 0 Å². The third-order valence-corrected chi connectivity index (χ3v) is 7.57. The minimum absolute atomic E-state index is 0.0216. The molecule has 0 atom stereocenters. The molecule has 8 heteroatoms. The second kappa shape index (κ2) is 8.50. The zero-order valence-electron chi connectivity index (χ0n) is 18.4. The molecule has 1 aromatic carbocycles. The van der Waals surface area contributed by atoms with Crippen molar-refractivity contribution < 1.29 is 9.59 Å². The molecular weight excluding hydrogens is 422 g/mol. The minimum atomic E-state index is -0.118. The van der Waals surface area contributed by atoms with E-state index in [1.54, 1.807) is 29.8 Å². The Morgan fingerprint density at radius 2 is 1.81 bits per heavy atom. The van der Waals surface area contributed by atoms with Gasteiger partial charge in [-0.3, -0.25) is 9.59 Å². The number of amides is 2. The van der Waals surface area contributed by atoms with Crippen LogP contribution in [-0.4, -0.2) is 40.9 Å². The number of nitrogens with zero attached hydrogens (tertiary/aromatic N) is 3. The molecule has 1 aliphatic heterocycles. The lowest BCUT2D eigenvalue weighted by atomic mass is 9.95. The van der Waals surface area contributed by atoms with Gasteiger partial charge >= 0.3 is 0 Å². The molecule has 2 N–H and O–H groups in total. The number of anilines is 2. The standard InChI is InChI=1S/C24H27N5O2S/c1-14-15(2)32-24-20(14)21(25-13-26-24)29-11-9-16(10-12-29)22(30)28-19-6-4-3-5-18(19)23(31)27-17-7-8-17/h3-6,13,16-17H,7-12H2,1-2H3,(H,27,31)(H,28,30). The normalized spacial score (nSPS) is 16.9. The molecule has 1 saturated carbocycles. The largest absolute Gasteiger partial charge is 0.356 e. The first-order valence-corrected chi connectivity index (χ1v) is 12.0. The van der Waals surface area contributed by atoms with E-state index < -0.39 is 0 Å². The van der Waals surface area contributed by atoms with Crippen molar-refractivity contribution in [2.75, 3.05) is 23.3 Å². The maximum Gasteiger partial charge on any atom is 0.253 e. The lowest BCUT2D eigenvalue weighted by Gasteiger charge is -2.32. The number of aryl methyl sites for hydroxylation is 2. The molecule has 2 amide bonds. The monoisotopic (exact) mass is 449 g/mol. The van der Waals surface area contributed by atoms with Crippen LogP contribution in [0.15, 0.2) is 30.6 Å². The van der Waals surface area contributed by atoms with Crippen molar-refractivity contribution in [3.8, 4) is 0 Å². The van der Waals surface area contributed by atoms with Crippen molar-refractivity contribution in [3.63, 3.8) is 0 Å². The number of thiophene rings is 1. The van der Waals surface area contributed by atoms with Gasteiger partial charge in [-0.1, -0.05) is 12.1 Å². The lowest BCUT2D eigenvalue weighted by Crippen LogP contribution is -2.39. The first kappa shape index (κ1) is 20.9. The van der Waals surface area contributed by atoms with Gasteiger partial charge in [0.15, 0.2) is 0 Å². The van der Waals surface area contributed by atoms with Crippen LogP contribution < -0.4 is 15.5 Å². The summed E-state index contributed by atoms with van der Waals surface area (Å²) in [6, 6.07) is 7.51. The molecule has 0 unspecified atom stereocenters. The van der Waals surface area contributed by atoms with E-state index in [0.29, 0.717) is 11.3 Å². The summed E-state index contributed by atoms with van der Waals surface area (Å²) in [4.78, 5) is 39.1. The van der Waals surface area contributed by atoms with Gasteiger partial charge in [0.25, 0.3) is 5.91 Å². The Morgan fingerprint density at radius 3 is 2.56 bits per heavy atom. The van der Waals surface area contributed by atoms with Crippen LogP contribution in [0.25, 0.3) is 10.2 Å². The third kappa shape index (κ3) is 4.07. The lowest BCUT2D eigenvalue weighted by molar-refractivity contribution is -0.120. The fourth-order valence-corrected chi connectivity index (χ4v) is 5.26. The molecule has 0 radical (unpaired) electrons. The summed E-state index contributed by atoms with van der Waals surface area (Å²) < 4.78 is 0. The SMILES string of the molecule is Cc1sc2ncnc(N3CCC(C(=O)Nc4ccccc4C(=O)NC4CC4)CC3)c2c1C. The molecule has 3 heterocycles. The number of rotatable bonds is 5. The summed E-state index contributed by atoms with van der Waals surface area (Å²) in [6.45, 7) is 5.77. The number of benzene rings is 1. The number of piperidine rings is 1. The molecular formula is C24H27N5O2S. The van der Waals surface area contributed by atoms with Crippen molar-refractivity contribution in [1.29, 1.82) is 0 Å². The quantitative estimate of drug-likeness (QED) is 0.614. The maximum absolute atomic E-state index is 13.0. The molecule has 3 aromatic rings. The molecule has 1 aliphatic carbocycles. The fourth-order valence-electron chi connectivity index (χ4n) is 4.27. The predicted molar refractivity (Wildman–Crippen MR) is 127 cm³/mol. The smallest absolute Gasteiger partial charge is 0.253 e. The summed E-state index contributed by atoms with van der Waals surface area (Å²) in [7, 11) is 0. The Balaban J connectivity index is 1.26. The van der Waals surface area contributed by atoms with E-state index in [4.69, 9.17) is 0 Å². The third-order valence-electron chi connectivity index (χ3n) is 6.45. The molecule has 0 spiro atoms. The number of carbonyl (C=O) groups is 2. The molecule has 2 aromatic heterocycles. The van der Waals surface area contributed by atoms with Crippen molar-refractivity contribution in [2.24, 2.45) is 5.92 Å². The van der Waals surface area contributed by atoms with Gasteiger partial charge in [-0.25, -0.2) is 9.97 Å². The van der Waals surface area contributed by atoms with Crippen LogP contribution in [0.1, 0.15) is 46.5 Å². The van der Waals surface area contributed by atoms with E-state index in [1.807, 2.05) is 12.1 Å². The van der Waals surface area contributed by atoms with Crippen molar-refractivity contribution >= 4 is 44.9 Å². The highest BCUT2D eigenvalue weighted by atomic mass is 32.1. The Morgan fingerprint density at radius 1 is 1.06 bits per heavy atom. The second-order valence-electron chi connectivity index (χ2n) is 8.70. The predicted octanol–water partition coefficient (Wildman–Crippen LogP) is 4.06. The molecule has 2 fully saturated rings. The van der Waals surface area contributed by atoms with Gasteiger partial charge in [-0.05, 0) is 57.2 Å².